The first kappa shape index (κ1) is 17.4. The SMILES string of the molecule is CC(=O)NCC#Cc1cn([C@@H]2O[C@]3(CO)CO[C@H]2C3O)c(=O)[nH]c1=O. The number of nitrogens with one attached hydrogen (secondary N) is 2. The van der Waals surface area contributed by atoms with Crippen LogP contribution >= 0.6 is 0 Å². The summed E-state index contributed by atoms with van der Waals surface area (Å²) in [6, 6.07) is 0. The van der Waals surface area contributed by atoms with Gasteiger partial charge in [-0.25, -0.2) is 4.79 Å². The van der Waals surface area contributed by atoms with Crippen molar-refractivity contribution in [2.75, 3.05) is 19.8 Å². The standard InChI is InChI=1S/C15H17N3O7/c1-8(20)16-4-2-3-9-5-18(14(23)17-12(9)22)13-10-11(21)15(6-19,25-13)7-24-10/h5,10-11,13,19,21H,4,6-7H2,1H3,(H,16,20)(H,17,22,23)/t10-,11?,13+,15+/m0/s1. The molecular weight excluding hydrogens is 334 g/mol. The van der Waals surface area contributed by atoms with Crippen molar-refractivity contribution in [1.82, 2.24) is 14.9 Å². The minimum Gasteiger partial charge on any atom is -0.393 e. The maximum atomic E-state index is 12.1. The maximum absolute atomic E-state index is 12.1. The van der Waals surface area contributed by atoms with Crippen LogP contribution in [-0.4, -0.2) is 63.2 Å². The van der Waals surface area contributed by atoms with Crippen LogP contribution in [0.5, 0.6) is 0 Å². The highest BCUT2D eigenvalue weighted by molar-refractivity contribution is 5.73. The Morgan fingerprint density at radius 1 is 1.56 bits per heavy atom. The molecule has 10 nitrogen and oxygen atoms in total. The van der Waals surface area contributed by atoms with Gasteiger partial charge in [0.1, 0.15) is 23.4 Å². The van der Waals surface area contributed by atoms with E-state index in [9.17, 15) is 24.6 Å². The lowest BCUT2D eigenvalue weighted by molar-refractivity contribution is -0.187. The van der Waals surface area contributed by atoms with E-state index in [0.717, 1.165) is 4.57 Å². The largest absolute Gasteiger partial charge is 0.393 e. The van der Waals surface area contributed by atoms with Crippen molar-refractivity contribution in [3.63, 3.8) is 0 Å². The summed E-state index contributed by atoms with van der Waals surface area (Å²) in [5.74, 6) is 4.90. The van der Waals surface area contributed by atoms with E-state index in [-0.39, 0.29) is 24.6 Å². The molecule has 0 aromatic carbocycles. The predicted octanol–water partition coefficient (Wildman–Crippen LogP) is -2.96. The molecule has 1 aromatic rings. The molecule has 2 aliphatic rings. The van der Waals surface area contributed by atoms with Gasteiger partial charge in [0.15, 0.2) is 6.23 Å². The summed E-state index contributed by atoms with van der Waals surface area (Å²) in [6.07, 6.45) is -1.75. The van der Waals surface area contributed by atoms with Crippen molar-refractivity contribution in [3.8, 4) is 11.8 Å². The molecule has 1 unspecified atom stereocenters. The highest BCUT2D eigenvalue weighted by Gasteiger charge is 2.61. The second-order valence-electron chi connectivity index (χ2n) is 5.87. The highest BCUT2D eigenvalue weighted by atomic mass is 16.7. The van der Waals surface area contributed by atoms with Crippen molar-refractivity contribution in [2.45, 2.75) is 31.0 Å². The molecule has 0 aliphatic carbocycles. The first-order valence-electron chi connectivity index (χ1n) is 7.55. The Morgan fingerprint density at radius 2 is 2.32 bits per heavy atom. The van der Waals surface area contributed by atoms with E-state index in [1.165, 1.54) is 13.1 Å². The Labute approximate surface area is 141 Å². The normalized spacial score (nSPS) is 30.0. The van der Waals surface area contributed by atoms with Gasteiger partial charge in [-0.3, -0.25) is 19.1 Å². The Hall–Kier alpha value is -2.45. The monoisotopic (exact) mass is 351 g/mol. The van der Waals surface area contributed by atoms with Gasteiger partial charge in [0.2, 0.25) is 5.91 Å². The molecule has 4 atom stereocenters. The highest BCUT2D eigenvalue weighted by Crippen LogP contribution is 2.44. The van der Waals surface area contributed by atoms with Gasteiger partial charge in [0, 0.05) is 13.1 Å². The molecule has 2 saturated heterocycles. The number of ether oxygens (including phenoxy) is 2. The third-order valence-corrected chi connectivity index (χ3v) is 4.17. The lowest BCUT2D eigenvalue weighted by atomic mass is 10.0. The summed E-state index contributed by atoms with van der Waals surface area (Å²) < 4.78 is 12.1. The van der Waals surface area contributed by atoms with E-state index in [0.29, 0.717) is 0 Å². The summed E-state index contributed by atoms with van der Waals surface area (Å²) in [5, 5.41) is 22.1. The van der Waals surface area contributed by atoms with Gasteiger partial charge >= 0.3 is 5.69 Å². The minimum absolute atomic E-state index is 0.00726. The number of aromatic amines is 1. The summed E-state index contributed by atoms with van der Waals surface area (Å²) in [5.41, 5.74) is -2.73. The molecule has 0 saturated carbocycles. The molecule has 10 heteroatoms. The number of rotatable bonds is 3. The summed E-state index contributed by atoms with van der Waals surface area (Å²) in [7, 11) is 0. The van der Waals surface area contributed by atoms with Crippen LogP contribution in [0.15, 0.2) is 15.8 Å². The van der Waals surface area contributed by atoms with E-state index < -0.39 is 41.9 Å². The summed E-state index contributed by atoms with van der Waals surface area (Å²) in [6.45, 7) is 0.922. The molecule has 3 rings (SSSR count). The second-order valence-corrected chi connectivity index (χ2v) is 5.87. The minimum atomic E-state index is -1.29. The first-order chi connectivity index (χ1) is 11.9. The topological polar surface area (TPSA) is 143 Å². The summed E-state index contributed by atoms with van der Waals surface area (Å²) >= 11 is 0. The number of fused-ring (bicyclic) bond motifs is 2. The number of amides is 1. The van der Waals surface area contributed by atoms with Gasteiger partial charge in [0.05, 0.1) is 19.8 Å². The number of hydrogen-bond donors (Lipinski definition) is 4. The summed E-state index contributed by atoms with van der Waals surface area (Å²) in [4.78, 5) is 36.9. The Morgan fingerprint density at radius 3 is 2.96 bits per heavy atom. The fourth-order valence-electron chi connectivity index (χ4n) is 2.83. The zero-order chi connectivity index (χ0) is 18.2. The number of H-pyrrole nitrogens is 1. The predicted molar refractivity (Wildman–Crippen MR) is 82.6 cm³/mol. The number of carbonyl (C=O) groups is 1. The van der Waals surface area contributed by atoms with Crippen molar-refractivity contribution in [1.29, 1.82) is 0 Å². The Bertz CT molecular complexity index is 864. The quantitative estimate of drug-likeness (QED) is 0.426. The van der Waals surface area contributed by atoms with E-state index >= 15 is 0 Å². The van der Waals surface area contributed by atoms with E-state index in [1.54, 1.807) is 0 Å². The molecule has 2 bridgehead atoms. The van der Waals surface area contributed by atoms with Gasteiger partial charge in [-0.1, -0.05) is 11.8 Å². The van der Waals surface area contributed by atoms with Gasteiger partial charge < -0.3 is 25.0 Å². The average Bonchev–Trinajstić information content (AvgIpc) is 3.03. The second kappa shape index (κ2) is 6.45. The fraction of sp³-hybridized carbons (Fsp3) is 0.533. The van der Waals surface area contributed by atoms with Crippen LogP contribution < -0.4 is 16.6 Å². The van der Waals surface area contributed by atoms with Crippen molar-refractivity contribution < 1.29 is 24.5 Å². The molecule has 2 fully saturated rings. The van der Waals surface area contributed by atoms with Crippen molar-refractivity contribution in [2.24, 2.45) is 0 Å². The number of carbonyl (C=O) groups excluding carboxylic acids is 1. The Kier molecular flexibility index (Phi) is 4.49. The van der Waals surface area contributed by atoms with Crippen LogP contribution in [0.4, 0.5) is 0 Å². The molecule has 2 aliphatic heterocycles. The molecular formula is C15H17N3O7. The van der Waals surface area contributed by atoms with Gasteiger partial charge in [-0.15, -0.1) is 0 Å². The zero-order valence-electron chi connectivity index (χ0n) is 13.3. The molecule has 134 valence electrons. The molecule has 25 heavy (non-hydrogen) atoms. The maximum Gasteiger partial charge on any atom is 0.330 e. The number of aliphatic hydroxyl groups excluding tert-OH is 2. The third kappa shape index (κ3) is 2.98. The third-order valence-electron chi connectivity index (χ3n) is 4.17. The van der Waals surface area contributed by atoms with E-state index in [4.69, 9.17) is 9.47 Å². The molecule has 0 radical (unpaired) electrons. The number of hydrogen-bond acceptors (Lipinski definition) is 7. The van der Waals surface area contributed by atoms with Crippen LogP contribution in [0.1, 0.15) is 18.7 Å². The van der Waals surface area contributed by atoms with Crippen LogP contribution in [0, 0.1) is 11.8 Å². The number of nitrogens with zero attached hydrogens (tertiary/aromatic N) is 1. The van der Waals surface area contributed by atoms with Crippen LogP contribution in [0.3, 0.4) is 0 Å². The fourth-order valence-corrected chi connectivity index (χ4v) is 2.83. The molecule has 3 heterocycles. The lowest BCUT2D eigenvalue weighted by Crippen LogP contribution is -2.44. The number of aliphatic hydroxyl groups is 2. The number of aromatic nitrogens is 2. The van der Waals surface area contributed by atoms with E-state index in [1.807, 2.05) is 0 Å². The lowest BCUT2D eigenvalue weighted by Gasteiger charge is -2.29. The smallest absolute Gasteiger partial charge is 0.330 e. The van der Waals surface area contributed by atoms with Gasteiger partial charge in [-0.2, -0.15) is 0 Å². The van der Waals surface area contributed by atoms with Crippen LogP contribution in [-0.2, 0) is 14.3 Å². The molecule has 1 aromatic heterocycles. The molecule has 0 spiro atoms. The Balaban J connectivity index is 1.91. The zero-order valence-corrected chi connectivity index (χ0v) is 13.3. The van der Waals surface area contributed by atoms with Gasteiger partial charge in [0.25, 0.3) is 5.56 Å². The average molecular weight is 351 g/mol. The van der Waals surface area contributed by atoms with Crippen molar-refractivity contribution >= 4 is 5.91 Å². The van der Waals surface area contributed by atoms with Gasteiger partial charge in [-0.05, 0) is 0 Å². The van der Waals surface area contributed by atoms with Crippen molar-refractivity contribution in [3.05, 3.63) is 32.6 Å². The molecule has 1 amide bonds. The first-order valence-corrected chi connectivity index (χ1v) is 7.55. The van der Waals surface area contributed by atoms with E-state index in [2.05, 4.69) is 22.1 Å². The van der Waals surface area contributed by atoms with Crippen LogP contribution in [0.2, 0.25) is 0 Å². The van der Waals surface area contributed by atoms with Crippen LogP contribution in [0.25, 0.3) is 0 Å². The molecule has 4 N–H and O–H groups in total.